The first-order chi connectivity index (χ1) is 25.5. The molecule has 2 heterocycles. The van der Waals surface area contributed by atoms with Gasteiger partial charge in [0, 0.05) is 23.9 Å². The van der Waals surface area contributed by atoms with Gasteiger partial charge in [-0.15, -0.1) is 0 Å². The van der Waals surface area contributed by atoms with Crippen LogP contribution in [0, 0.1) is 0 Å². The minimum Gasteiger partial charge on any atom is -0.491 e. The van der Waals surface area contributed by atoms with Gasteiger partial charge in [-0.25, -0.2) is 4.79 Å². The summed E-state index contributed by atoms with van der Waals surface area (Å²) < 4.78 is 27.7. The number of ether oxygens (including phenoxy) is 5. The molecule has 2 atom stereocenters. The predicted octanol–water partition coefficient (Wildman–Crippen LogP) is 9.02. The van der Waals surface area contributed by atoms with Crippen LogP contribution < -0.4 is 19.1 Å². The molecule has 2 unspecified atom stereocenters. The maximum absolute atomic E-state index is 14.0. The van der Waals surface area contributed by atoms with Crippen molar-refractivity contribution in [3.63, 3.8) is 0 Å². The molecule has 52 heavy (non-hydrogen) atoms. The Morgan fingerprint density at radius 2 is 1.12 bits per heavy atom. The predicted molar refractivity (Wildman–Crippen MR) is 201 cm³/mol. The first kappa shape index (κ1) is 35.0. The Labute approximate surface area is 304 Å². The maximum Gasteiger partial charge on any atom is 0.343 e. The van der Waals surface area contributed by atoms with Crippen molar-refractivity contribution >= 4 is 17.6 Å². The number of benzene rings is 5. The van der Waals surface area contributed by atoms with Gasteiger partial charge in [0.2, 0.25) is 0 Å². The summed E-state index contributed by atoms with van der Waals surface area (Å²) in [4.78, 5) is 29.0. The second kappa shape index (κ2) is 16.7. The second-order valence-corrected chi connectivity index (χ2v) is 13.1. The van der Waals surface area contributed by atoms with Gasteiger partial charge >= 0.3 is 5.97 Å². The van der Waals surface area contributed by atoms with Crippen molar-refractivity contribution in [1.82, 2.24) is 0 Å². The summed E-state index contributed by atoms with van der Waals surface area (Å²) in [5.41, 5.74) is 5.73. The van der Waals surface area contributed by atoms with Crippen molar-refractivity contribution in [3.8, 4) is 39.5 Å². The molecule has 8 heteroatoms. The Morgan fingerprint density at radius 3 is 1.62 bits per heavy atom. The number of rotatable bonds is 17. The van der Waals surface area contributed by atoms with Crippen LogP contribution in [0.5, 0.6) is 17.2 Å². The Balaban J connectivity index is 1.00. The quantitative estimate of drug-likeness (QED) is 0.0415. The van der Waals surface area contributed by atoms with Crippen molar-refractivity contribution in [2.75, 3.05) is 37.9 Å². The van der Waals surface area contributed by atoms with Crippen LogP contribution in [-0.2, 0) is 9.47 Å². The summed E-state index contributed by atoms with van der Waals surface area (Å²) in [6.07, 6.45) is 4.49. The number of hydrogen-bond donors (Lipinski definition) is 0. The normalized spacial score (nSPS) is 15.8. The molecule has 5 aromatic rings. The molecule has 0 aliphatic carbocycles. The smallest absolute Gasteiger partial charge is 0.343 e. The fourth-order valence-corrected chi connectivity index (χ4v) is 5.88. The average molecular weight is 698 g/mol. The van der Waals surface area contributed by atoms with Gasteiger partial charge in [-0.1, -0.05) is 80.8 Å². The molecule has 2 saturated heterocycles. The number of anilines is 1. The lowest BCUT2D eigenvalue weighted by molar-refractivity contribution is 0.0734. The summed E-state index contributed by atoms with van der Waals surface area (Å²) in [6, 6.07) is 38.0. The van der Waals surface area contributed by atoms with E-state index in [1.807, 2.05) is 97.1 Å². The summed E-state index contributed by atoms with van der Waals surface area (Å²) in [6.45, 7) is 5.36. The molecule has 0 radical (unpaired) electrons. The number of hydrogen-bond acceptors (Lipinski definition) is 7. The van der Waals surface area contributed by atoms with Gasteiger partial charge in [-0.2, -0.15) is 0 Å². The lowest BCUT2D eigenvalue weighted by atomic mass is 10.0. The van der Waals surface area contributed by atoms with Crippen LogP contribution in [0.1, 0.15) is 53.3 Å². The third-order valence-electron chi connectivity index (χ3n) is 9.12. The van der Waals surface area contributed by atoms with E-state index in [0.29, 0.717) is 42.3 Å². The largest absolute Gasteiger partial charge is 0.491 e. The number of carbonyl (C=O) groups excluding carboxylic acids is 2. The van der Waals surface area contributed by atoms with Crippen LogP contribution in [0.2, 0.25) is 0 Å². The number of unbranched alkanes of at least 4 members (excludes halogenated alkanes) is 3. The van der Waals surface area contributed by atoms with Gasteiger partial charge < -0.3 is 28.6 Å². The zero-order chi connectivity index (χ0) is 35.7. The van der Waals surface area contributed by atoms with E-state index in [1.54, 1.807) is 29.2 Å². The standard InChI is InChI=1S/C44H43NO7/c1-2-3-4-5-25-45(43(46)35-13-9-31(10-14-35)33-17-21-38(22-18-33)48-27-41-29-50-41)37-7-6-8-40(26-37)52-44(47)36-15-11-32(12-16-36)34-19-23-39(24-20-34)49-28-42-30-51-42/h6-24,26,41-42H,2-5,25,27-30H2,1H3. The maximum atomic E-state index is 14.0. The van der Waals surface area contributed by atoms with E-state index in [4.69, 9.17) is 23.7 Å². The highest BCUT2D eigenvalue weighted by molar-refractivity contribution is 6.06. The number of carbonyl (C=O) groups is 2. The van der Waals surface area contributed by atoms with Crippen LogP contribution in [0.15, 0.2) is 121 Å². The third kappa shape index (κ3) is 9.46. The molecule has 0 aromatic heterocycles. The molecule has 0 saturated carbocycles. The van der Waals surface area contributed by atoms with Crippen molar-refractivity contribution in [2.45, 2.75) is 44.8 Å². The highest BCUT2D eigenvalue weighted by Crippen LogP contribution is 2.28. The van der Waals surface area contributed by atoms with Crippen LogP contribution in [0.25, 0.3) is 22.3 Å². The molecule has 5 aromatic carbocycles. The highest BCUT2D eigenvalue weighted by Gasteiger charge is 2.24. The average Bonchev–Trinajstić information content (AvgIpc) is 4.13. The molecule has 8 nitrogen and oxygen atoms in total. The molecule has 2 aliphatic rings. The SMILES string of the molecule is CCCCCCN(C(=O)c1ccc(-c2ccc(OCC3CO3)cc2)cc1)c1cccc(OC(=O)c2ccc(-c3ccc(OCC4CO4)cc3)cc2)c1. The van der Waals surface area contributed by atoms with E-state index < -0.39 is 5.97 Å². The van der Waals surface area contributed by atoms with Gasteiger partial charge in [0.05, 0.1) is 18.8 Å². The van der Waals surface area contributed by atoms with E-state index >= 15 is 0 Å². The van der Waals surface area contributed by atoms with Gasteiger partial charge in [-0.3, -0.25) is 4.79 Å². The highest BCUT2D eigenvalue weighted by atomic mass is 16.6. The zero-order valence-corrected chi connectivity index (χ0v) is 29.4. The molecule has 7 rings (SSSR count). The molecule has 1 amide bonds. The molecule has 0 spiro atoms. The first-order valence-electron chi connectivity index (χ1n) is 18.1. The fraction of sp³-hybridized carbons (Fsp3) is 0.273. The minimum atomic E-state index is -0.470. The van der Waals surface area contributed by atoms with Crippen molar-refractivity contribution in [2.24, 2.45) is 0 Å². The second-order valence-electron chi connectivity index (χ2n) is 13.1. The summed E-state index contributed by atoms with van der Waals surface area (Å²) in [7, 11) is 0. The van der Waals surface area contributed by atoms with Crippen molar-refractivity contribution in [1.29, 1.82) is 0 Å². The van der Waals surface area contributed by atoms with Crippen molar-refractivity contribution < 1.29 is 33.3 Å². The molecular formula is C44H43NO7. The van der Waals surface area contributed by atoms with Gasteiger partial charge in [0.1, 0.15) is 42.7 Å². The van der Waals surface area contributed by atoms with E-state index in [9.17, 15) is 9.59 Å². The molecule has 0 bridgehead atoms. The summed E-state index contributed by atoms with van der Waals surface area (Å²) in [5, 5.41) is 0. The number of epoxide rings is 2. The number of amides is 1. The molecule has 266 valence electrons. The van der Waals surface area contributed by atoms with Gasteiger partial charge in [0.25, 0.3) is 5.91 Å². The summed E-state index contributed by atoms with van der Waals surface area (Å²) >= 11 is 0. The van der Waals surface area contributed by atoms with Gasteiger partial charge in [-0.05, 0) is 89.3 Å². The Kier molecular flexibility index (Phi) is 11.2. The topological polar surface area (TPSA) is 90.1 Å². The van der Waals surface area contributed by atoms with Crippen LogP contribution in [0.3, 0.4) is 0 Å². The Morgan fingerprint density at radius 1 is 0.615 bits per heavy atom. The Hall–Kier alpha value is -5.44. The lowest BCUT2D eigenvalue weighted by Gasteiger charge is -2.24. The fourth-order valence-electron chi connectivity index (χ4n) is 5.88. The summed E-state index contributed by atoms with van der Waals surface area (Å²) in [5.74, 6) is 1.40. The number of esters is 1. The van der Waals surface area contributed by atoms with E-state index in [-0.39, 0.29) is 18.1 Å². The van der Waals surface area contributed by atoms with Gasteiger partial charge in [0.15, 0.2) is 0 Å². The molecular weight excluding hydrogens is 654 g/mol. The first-order valence-corrected chi connectivity index (χ1v) is 18.1. The molecule has 2 fully saturated rings. The van der Waals surface area contributed by atoms with Crippen LogP contribution in [0.4, 0.5) is 5.69 Å². The van der Waals surface area contributed by atoms with E-state index in [0.717, 1.165) is 72.6 Å². The van der Waals surface area contributed by atoms with Crippen LogP contribution in [-0.4, -0.2) is 57.1 Å². The van der Waals surface area contributed by atoms with Crippen LogP contribution >= 0.6 is 0 Å². The monoisotopic (exact) mass is 697 g/mol. The minimum absolute atomic E-state index is 0.107. The third-order valence-corrected chi connectivity index (χ3v) is 9.12. The number of nitrogens with zero attached hydrogens (tertiary/aromatic N) is 1. The Bertz CT molecular complexity index is 1930. The van der Waals surface area contributed by atoms with E-state index in [2.05, 4.69) is 6.92 Å². The lowest BCUT2D eigenvalue weighted by Crippen LogP contribution is -2.32. The zero-order valence-electron chi connectivity index (χ0n) is 29.4. The van der Waals surface area contributed by atoms with E-state index in [1.165, 1.54) is 0 Å². The molecule has 2 aliphatic heterocycles. The van der Waals surface area contributed by atoms with Crippen molar-refractivity contribution in [3.05, 3.63) is 132 Å². The molecule has 0 N–H and O–H groups in total.